The molecule has 0 radical (unpaired) electrons. The molecule has 27 heavy (non-hydrogen) atoms. The standard InChI is InChI=1S/C19H19ClN6O/c1-12-17-22-23-18(16-8-9-21-26(16)15-6-7-15)25(17)11-10-24(12)19(27)13-2-4-14(20)5-3-13/h2-5,8-9,12,15H,6-7,10-11H2,1H3/t12-/m1/s1. The van der Waals surface area contributed by atoms with Crippen LogP contribution in [-0.4, -0.2) is 41.9 Å². The monoisotopic (exact) mass is 382 g/mol. The SMILES string of the molecule is C[C@@H]1c2nnc(-c3ccnn3C3CC3)n2CCN1C(=O)c1ccc(Cl)cc1. The molecule has 1 aromatic carbocycles. The summed E-state index contributed by atoms with van der Waals surface area (Å²) in [6.45, 7) is 3.27. The highest BCUT2D eigenvalue weighted by Crippen LogP contribution is 2.38. The van der Waals surface area contributed by atoms with Crippen molar-refractivity contribution in [1.82, 2.24) is 29.4 Å². The Labute approximate surface area is 161 Å². The Morgan fingerprint density at radius 3 is 2.63 bits per heavy atom. The highest BCUT2D eigenvalue weighted by atomic mass is 35.5. The Bertz CT molecular complexity index is 1000. The number of fused-ring (bicyclic) bond motifs is 1. The van der Waals surface area contributed by atoms with Gasteiger partial charge in [0.25, 0.3) is 5.91 Å². The number of benzene rings is 1. The van der Waals surface area contributed by atoms with Crippen molar-refractivity contribution in [3.05, 3.63) is 52.9 Å². The zero-order valence-electron chi connectivity index (χ0n) is 14.9. The maximum atomic E-state index is 12.9. The summed E-state index contributed by atoms with van der Waals surface area (Å²) in [6, 6.07) is 9.32. The molecule has 1 atom stereocenters. The van der Waals surface area contributed by atoms with Crippen molar-refractivity contribution in [2.24, 2.45) is 0 Å². The molecule has 0 bridgehead atoms. The van der Waals surface area contributed by atoms with E-state index >= 15 is 0 Å². The van der Waals surface area contributed by atoms with Gasteiger partial charge < -0.3 is 9.47 Å². The van der Waals surface area contributed by atoms with Crippen LogP contribution in [0.15, 0.2) is 36.5 Å². The second-order valence-electron chi connectivity index (χ2n) is 7.11. The molecule has 0 saturated heterocycles. The Morgan fingerprint density at radius 1 is 1.11 bits per heavy atom. The van der Waals surface area contributed by atoms with E-state index in [0.29, 0.717) is 29.7 Å². The van der Waals surface area contributed by atoms with Gasteiger partial charge in [0.05, 0.1) is 12.1 Å². The van der Waals surface area contributed by atoms with Crippen LogP contribution in [0.4, 0.5) is 0 Å². The number of nitrogens with zero attached hydrogens (tertiary/aromatic N) is 6. The predicted octanol–water partition coefficient (Wildman–Crippen LogP) is 3.35. The number of amides is 1. The lowest BCUT2D eigenvalue weighted by Crippen LogP contribution is -2.41. The lowest BCUT2D eigenvalue weighted by atomic mass is 10.1. The average molecular weight is 383 g/mol. The van der Waals surface area contributed by atoms with Crippen LogP contribution in [0.3, 0.4) is 0 Å². The van der Waals surface area contributed by atoms with E-state index in [2.05, 4.69) is 19.9 Å². The molecule has 1 aliphatic carbocycles. The van der Waals surface area contributed by atoms with E-state index in [4.69, 9.17) is 11.6 Å². The Balaban J connectivity index is 1.45. The van der Waals surface area contributed by atoms with Gasteiger partial charge in [0.1, 0.15) is 5.69 Å². The quantitative estimate of drug-likeness (QED) is 0.696. The van der Waals surface area contributed by atoms with E-state index in [9.17, 15) is 4.79 Å². The summed E-state index contributed by atoms with van der Waals surface area (Å²) >= 11 is 5.94. The van der Waals surface area contributed by atoms with Gasteiger partial charge in [-0.05, 0) is 50.1 Å². The maximum Gasteiger partial charge on any atom is 0.254 e. The molecule has 1 saturated carbocycles. The number of halogens is 1. The van der Waals surface area contributed by atoms with E-state index < -0.39 is 0 Å². The van der Waals surface area contributed by atoms with Crippen LogP contribution in [0.5, 0.6) is 0 Å². The van der Waals surface area contributed by atoms with Crippen LogP contribution in [-0.2, 0) is 6.54 Å². The van der Waals surface area contributed by atoms with E-state index in [1.807, 2.05) is 28.8 Å². The fraction of sp³-hybridized carbons (Fsp3) is 0.368. The largest absolute Gasteiger partial charge is 0.327 e. The molecule has 0 N–H and O–H groups in total. The van der Waals surface area contributed by atoms with Gasteiger partial charge in [-0.15, -0.1) is 10.2 Å². The molecule has 8 heteroatoms. The molecule has 7 nitrogen and oxygen atoms in total. The van der Waals surface area contributed by atoms with Gasteiger partial charge in [0.15, 0.2) is 11.6 Å². The molecule has 1 amide bonds. The first-order valence-corrected chi connectivity index (χ1v) is 9.55. The first kappa shape index (κ1) is 16.5. The third-order valence-corrected chi connectivity index (χ3v) is 5.58. The lowest BCUT2D eigenvalue weighted by Gasteiger charge is -2.33. The molecule has 3 heterocycles. The fourth-order valence-corrected chi connectivity index (χ4v) is 3.84. The summed E-state index contributed by atoms with van der Waals surface area (Å²) < 4.78 is 4.17. The minimum absolute atomic E-state index is 0.0158. The summed E-state index contributed by atoms with van der Waals surface area (Å²) in [4.78, 5) is 14.8. The van der Waals surface area contributed by atoms with Gasteiger partial charge in [-0.1, -0.05) is 11.6 Å². The third-order valence-electron chi connectivity index (χ3n) is 5.33. The van der Waals surface area contributed by atoms with Crippen LogP contribution in [0.2, 0.25) is 5.02 Å². The number of carbonyl (C=O) groups excluding carboxylic acids is 1. The zero-order chi connectivity index (χ0) is 18.5. The van der Waals surface area contributed by atoms with Crippen molar-refractivity contribution in [2.75, 3.05) is 6.54 Å². The van der Waals surface area contributed by atoms with E-state index in [1.54, 1.807) is 24.3 Å². The number of hydrogen-bond acceptors (Lipinski definition) is 4. The minimum atomic E-state index is -0.152. The molecule has 1 fully saturated rings. The number of aromatic nitrogens is 5. The van der Waals surface area contributed by atoms with Crippen molar-refractivity contribution >= 4 is 17.5 Å². The Hall–Kier alpha value is -2.67. The van der Waals surface area contributed by atoms with Crippen LogP contribution in [0.25, 0.3) is 11.5 Å². The van der Waals surface area contributed by atoms with Crippen molar-refractivity contribution in [3.63, 3.8) is 0 Å². The number of rotatable bonds is 3. The summed E-state index contributed by atoms with van der Waals surface area (Å²) in [5, 5.41) is 13.9. The predicted molar refractivity (Wildman–Crippen MR) is 100 cm³/mol. The van der Waals surface area contributed by atoms with Gasteiger partial charge >= 0.3 is 0 Å². The topological polar surface area (TPSA) is 68.8 Å². The van der Waals surface area contributed by atoms with E-state index in [-0.39, 0.29) is 11.9 Å². The first-order chi connectivity index (χ1) is 13.1. The molecule has 138 valence electrons. The molecule has 0 unspecified atom stereocenters. The molecule has 2 aliphatic rings. The second-order valence-corrected chi connectivity index (χ2v) is 7.54. The summed E-state index contributed by atoms with van der Waals surface area (Å²) in [6.07, 6.45) is 4.14. The van der Waals surface area contributed by atoms with Gasteiger partial charge in [0, 0.05) is 29.9 Å². The average Bonchev–Trinajstić information content (AvgIpc) is 3.24. The molecule has 5 rings (SSSR count). The third kappa shape index (κ3) is 2.73. The highest BCUT2D eigenvalue weighted by molar-refractivity contribution is 6.30. The summed E-state index contributed by atoms with van der Waals surface area (Å²) in [7, 11) is 0. The molecular formula is C19H19ClN6O. The van der Waals surface area contributed by atoms with Crippen LogP contribution in [0.1, 0.15) is 48.0 Å². The highest BCUT2D eigenvalue weighted by Gasteiger charge is 2.34. The van der Waals surface area contributed by atoms with Crippen LogP contribution in [0, 0.1) is 0 Å². The van der Waals surface area contributed by atoms with Crippen molar-refractivity contribution < 1.29 is 4.79 Å². The van der Waals surface area contributed by atoms with Crippen molar-refractivity contribution in [3.8, 4) is 11.5 Å². The molecule has 1 aliphatic heterocycles. The van der Waals surface area contributed by atoms with Crippen molar-refractivity contribution in [1.29, 1.82) is 0 Å². The maximum absolute atomic E-state index is 12.9. The molecule has 2 aromatic heterocycles. The fourth-order valence-electron chi connectivity index (χ4n) is 3.71. The van der Waals surface area contributed by atoms with Crippen LogP contribution >= 0.6 is 11.6 Å². The lowest BCUT2D eigenvalue weighted by molar-refractivity contribution is 0.0638. The second kappa shape index (κ2) is 6.20. The number of carbonyl (C=O) groups is 1. The van der Waals surface area contributed by atoms with Crippen LogP contribution < -0.4 is 0 Å². The van der Waals surface area contributed by atoms with Gasteiger partial charge in [-0.3, -0.25) is 9.48 Å². The first-order valence-electron chi connectivity index (χ1n) is 9.17. The van der Waals surface area contributed by atoms with E-state index in [1.165, 1.54) is 0 Å². The van der Waals surface area contributed by atoms with Gasteiger partial charge in [0.2, 0.25) is 0 Å². The summed E-state index contributed by atoms with van der Waals surface area (Å²) in [5.74, 6) is 1.62. The normalized spacial score (nSPS) is 19.2. The Morgan fingerprint density at radius 2 is 1.89 bits per heavy atom. The zero-order valence-corrected chi connectivity index (χ0v) is 15.7. The smallest absolute Gasteiger partial charge is 0.254 e. The van der Waals surface area contributed by atoms with E-state index in [0.717, 1.165) is 30.2 Å². The molecular weight excluding hydrogens is 364 g/mol. The minimum Gasteiger partial charge on any atom is -0.327 e. The van der Waals surface area contributed by atoms with Crippen molar-refractivity contribution in [2.45, 2.75) is 38.4 Å². The number of hydrogen-bond donors (Lipinski definition) is 0. The molecule has 3 aromatic rings. The molecule has 0 spiro atoms. The van der Waals surface area contributed by atoms with Gasteiger partial charge in [-0.25, -0.2) is 0 Å². The summed E-state index contributed by atoms with van der Waals surface area (Å²) in [5.41, 5.74) is 1.63. The van der Waals surface area contributed by atoms with Gasteiger partial charge in [-0.2, -0.15) is 5.10 Å². The Kier molecular flexibility index (Phi) is 3.79.